The molecule has 1 aliphatic heterocycles. The fraction of sp³-hybridized carbons (Fsp3) is 0.947. The van der Waals surface area contributed by atoms with Crippen LogP contribution in [0.25, 0.3) is 0 Å². The Labute approximate surface area is 139 Å². The average Bonchev–Trinajstić information content (AvgIpc) is 3.18. The van der Waals surface area contributed by atoms with Crippen LogP contribution in [-0.2, 0) is 19.0 Å². The highest BCUT2D eigenvalue weighted by molar-refractivity contribution is 5.76. The van der Waals surface area contributed by atoms with Crippen LogP contribution in [0.15, 0.2) is 0 Å². The second kappa shape index (κ2) is 5.45. The van der Waals surface area contributed by atoms with Crippen molar-refractivity contribution < 1.29 is 19.0 Å². The molecule has 0 N–H and O–H groups in total. The molecule has 0 aromatic carbocycles. The molecule has 4 heteroatoms. The minimum atomic E-state index is -0.390. The lowest BCUT2D eigenvalue weighted by atomic mass is 9.89. The lowest BCUT2D eigenvalue weighted by Crippen LogP contribution is -2.41. The van der Waals surface area contributed by atoms with Gasteiger partial charge in [0.25, 0.3) is 0 Å². The van der Waals surface area contributed by atoms with E-state index < -0.39 is 5.41 Å². The second-order valence-electron chi connectivity index (χ2n) is 8.71. The Kier molecular flexibility index (Phi) is 3.77. The van der Waals surface area contributed by atoms with E-state index in [-0.39, 0.29) is 30.1 Å². The van der Waals surface area contributed by atoms with Crippen molar-refractivity contribution >= 4 is 5.97 Å². The van der Waals surface area contributed by atoms with Crippen molar-refractivity contribution in [1.82, 2.24) is 0 Å². The fourth-order valence-corrected chi connectivity index (χ4v) is 4.94. The minimum absolute atomic E-state index is 0.0296. The molecule has 3 saturated carbocycles. The first-order valence-corrected chi connectivity index (χ1v) is 9.51. The van der Waals surface area contributed by atoms with Gasteiger partial charge < -0.3 is 14.2 Å². The predicted molar refractivity (Wildman–Crippen MR) is 85.7 cm³/mol. The SMILES string of the molecule is CCC(C)(C)C(=O)OC1CC2CC1C1OC3(CCCCC3)OC21. The number of carbonyl (C=O) groups is 1. The highest BCUT2D eigenvalue weighted by Gasteiger charge is 2.63. The second-order valence-corrected chi connectivity index (χ2v) is 8.71. The first-order chi connectivity index (χ1) is 10.9. The summed E-state index contributed by atoms with van der Waals surface area (Å²) in [6.07, 6.45) is 9.05. The Balaban J connectivity index is 1.43. The highest BCUT2D eigenvalue weighted by atomic mass is 16.8. The molecule has 2 bridgehead atoms. The molecule has 1 spiro atoms. The van der Waals surface area contributed by atoms with E-state index in [0.717, 1.165) is 32.1 Å². The van der Waals surface area contributed by atoms with Gasteiger partial charge in [-0.2, -0.15) is 0 Å². The molecule has 1 heterocycles. The van der Waals surface area contributed by atoms with Crippen molar-refractivity contribution in [2.75, 3.05) is 0 Å². The Morgan fingerprint density at radius 3 is 2.52 bits per heavy atom. The molecule has 3 aliphatic carbocycles. The van der Waals surface area contributed by atoms with E-state index in [2.05, 4.69) is 0 Å². The van der Waals surface area contributed by atoms with Crippen molar-refractivity contribution in [2.45, 2.75) is 96.2 Å². The highest BCUT2D eigenvalue weighted by Crippen LogP contribution is 2.56. The van der Waals surface area contributed by atoms with Gasteiger partial charge >= 0.3 is 5.97 Å². The van der Waals surface area contributed by atoms with E-state index in [1.807, 2.05) is 20.8 Å². The summed E-state index contributed by atoms with van der Waals surface area (Å²) in [5, 5.41) is 0. The van der Waals surface area contributed by atoms with Gasteiger partial charge in [-0.25, -0.2) is 0 Å². The number of esters is 1. The van der Waals surface area contributed by atoms with Gasteiger partial charge in [-0.05, 0) is 51.9 Å². The summed E-state index contributed by atoms with van der Waals surface area (Å²) in [6, 6.07) is 0. The molecule has 23 heavy (non-hydrogen) atoms. The maximum absolute atomic E-state index is 12.4. The largest absolute Gasteiger partial charge is 0.462 e. The van der Waals surface area contributed by atoms with Gasteiger partial charge in [0.2, 0.25) is 0 Å². The number of rotatable bonds is 3. The van der Waals surface area contributed by atoms with E-state index in [4.69, 9.17) is 14.2 Å². The third kappa shape index (κ3) is 2.53. The molecule has 1 saturated heterocycles. The number of hydrogen-bond donors (Lipinski definition) is 0. The standard InChI is InChI=1S/C19H30O4/c1-4-18(2,3)17(20)21-14-11-12-10-13(14)16-15(12)22-19(23-16)8-6-5-7-9-19/h12-16H,4-11H2,1-3H3. The van der Waals surface area contributed by atoms with Crippen LogP contribution in [0.5, 0.6) is 0 Å². The summed E-state index contributed by atoms with van der Waals surface area (Å²) in [5.41, 5.74) is -0.390. The summed E-state index contributed by atoms with van der Waals surface area (Å²) in [4.78, 5) is 12.4. The first-order valence-electron chi connectivity index (χ1n) is 9.51. The molecule has 0 radical (unpaired) electrons. The summed E-state index contributed by atoms with van der Waals surface area (Å²) in [7, 11) is 0. The van der Waals surface area contributed by atoms with Crippen LogP contribution in [0.3, 0.4) is 0 Å². The Bertz CT molecular complexity index is 480. The molecule has 5 unspecified atom stereocenters. The Morgan fingerprint density at radius 2 is 1.83 bits per heavy atom. The molecule has 4 fully saturated rings. The summed E-state index contributed by atoms with van der Waals surface area (Å²) in [5.74, 6) is 0.476. The average molecular weight is 322 g/mol. The van der Waals surface area contributed by atoms with E-state index >= 15 is 0 Å². The summed E-state index contributed by atoms with van der Waals surface area (Å²) in [6.45, 7) is 5.98. The van der Waals surface area contributed by atoms with Crippen molar-refractivity contribution in [3.05, 3.63) is 0 Å². The molecular weight excluding hydrogens is 292 g/mol. The smallest absolute Gasteiger partial charge is 0.311 e. The number of ether oxygens (including phenoxy) is 3. The van der Waals surface area contributed by atoms with Crippen LogP contribution in [0.4, 0.5) is 0 Å². The van der Waals surface area contributed by atoms with E-state index in [9.17, 15) is 4.79 Å². The fourth-order valence-electron chi connectivity index (χ4n) is 4.94. The van der Waals surface area contributed by atoms with Gasteiger partial charge in [0.05, 0.1) is 17.6 Å². The molecular formula is C19H30O4. The Morgan fingerprint density at radius 1 is 1.13 bits per heavy atom. The molecule has 130 valence electrons. The molecule has 4 aliphatic rings. The monoisotopic (exact) mass is 322 g/mol. The van der Waals surface area contributed by atoms with E-state index in [0.29, 0.717) is 11.8 Å². The first kappa shape index (κ1) is 15.9. The molecule has 4 rings (SSSR count). The normalized spacial score (nSPS) is 41.3. The number of carbonyl (C=O) groups excluding carboxylic acids is 1. The zero-order valence-corrected chi connectivity index (χ0v) is 14.7. The molecule has 0 aromatic heterocycles. The van der Waals surface area contributed by atoms with E-state index in [1.165, 1.54) is 19.3 Å². The van der Waals surface area contributed by atoms with Gasteiger partial charge in [0.15, 0.2) is 5.79 Å². The van der Waals surface area contributed by atoms with Crippen LogP contribution in [0.1, 0.15) is 72.1 Å². The van der Waals surface area contributed by atoms with Crippen LogP contribution in [0, 0.1) is 17.3 Å². The summed E-state index contributed by atoms with van der Waals surface area (Å²) >= 11 is 0. The predicted octanol–water partition coefficient (Wildman–Crippen LogP) is 3.82. The van der Waals surface area contributed by atoms with Gasteiger partial charge in [-0.1, -0.05) is 13.3 Å². The third-order valence-electron chi connectivity index (χ3n) is 6.81. The van der Waals surface area contributed by atoms with Gasteiger partial charge in [0, 0.05) is 18.8 Å². The lowest BCUT2D eigenvalue weighted by Gasteiger charge is -2.33. The van der Waals surface area contributed by atoms with Gasteiger partial charge in [-0.15, -0.1) is 0 Å². The van der Waals surface area contributed by atoms with Crippen LogP contribution < -0.4 is 0 Å². The zero-order valence-electron chi connectivity index (χ0n) is 14.7. The van der Waals surface area contributed by atoms with Crippen molar-refractivity contribution in [3.63, 3.8) is 0 Å². The third-order valence-corrected chi connectivity index (χ3v) is 6.81. The Hall–Kier alpha value is -0.610. The maximum atomic E-state index is 12.4. The van der Waals surface area contributed by atoms with Crippen LogP contribution in [0.2, 0.25) is 0 Å². The molecule has 0 amide bonds. The quantitative estimate of drug-likeness (QED) is 0.741. The zero-order chi connectivity index (χ0) is 16.2. The summed E-state index contributed by atoms with van der Waals surface area (Å²) < 4.78 is 18.8. The van der Waals surface area contributed by atoms with Gasteiger partial charge in [-0.3, -0.25) is 4.79 Å². The molecule has 4 nitrogen and oxygen atoms in total. The number of hydrogen-bond acceptors (Lipinski definition) is 4. The molecule has 5 atom stereocenters. The lowest BCUT2D eigenvalue weighted by molar-refractivity contribution is -0.204. The van der Waals surface area contributed by atoms with Gasteiger partial charge in [0.1, 0.15) is 6.10 Å². The van der Waals surface area contributed by atoms with Crippen molar-refractivity contribution in [2.24, 2.45) is 17.3 Å². The van der Waals surface area contributed by atoms with Crippen molar-refractivity contribution in [3.8, 4) is 0 Å². The van der Waals surface area contributed by atoms with E-state index in [1.54, 1.807) is 0 Å². The minimum Gasteiger partial charge on any atom is -0.462 e. The van der Waals surface area contributed by atoms with Crippen LogP contribution >= 0.6 is 0 Å². The topological polar surface area (TPSA) is 44.8 Å². The van der Waals surface area contributed by atoms with Crippen molar-refractivity contribution in [1.29, 1.82) is 0 Å². The molecule has 0 aromatic rings. The maximum Gasteiger partial charge on any atom is 0.311 e. The number of fused-ring (bicyclic) bond motifs is 5. The van der Waals surface area contributed by atoms with Crippen LogP contribution in [-0.4, -0.2) is 30.1 Å².